The molecule has 13 rings (SSSR count). The molecule has 0 unspecified atom stereocenters. The van der Waals surface area contributed by atoms with Crippen molar-refractivity contribution >= 4 is 43.6 Å². The van der Waals surface area contributed by atoms with Crippen LogP contribution < -0.4 is 0 Å². The molecule has 1 aliphatic carbocycles. The molecule has 12 aromatic rings. The largest absolute Gasteiger partial charge is 0.309 e. The minimum Gasteiger partial charge on any atom is -0.309 e. The molecule has 5 heteroatoms. The zero-order valence-electron chi connectivity index (χ0n) is 35.9. The van der Waals surface area contributed by atoms with E-state index in [4.69, 9.17) is 15.0 Å². The summed E-state index contributed by atoms with van der Waals surface area (Å²) in [5, 5.41) is 4.81. The highest BCUT2D eigenvalue weighted by Crippen LogP contribution is 2.51. The van der Waals surface area contributed by atoms with Crippen molar-refractivity contribution < 1.29 is 0 Å². The van der Waals surface area contributed by atoms with Gasteiger partial charge in [0.25, 0.3) is 0 Å². The molecule has 0 spiro atoms. The maximum atomic E-state index is 5.38. The highest BCUT2D eigenvalue weighted by molar-refractivity contribution is 6.17. The summed E-state index contributed by atoms with van der Waals surface area (Å²) >= 11 is 0. The van der Waals surface area contributed by atoms with Crippen molar-refractivity contribution in [3.05, 3.63) is 223 Å². The van der Waals surface area contributed by atoms with Crippen LogP contribution in [-0.4, -0.2) is 24.1 Å². The summed E-state index contributed by atoms with van der Waals surface area (Å²) in [6, 6.07) is 76.0. The molecule has 0 bridgehead atoms. The van der Waals surface area contributed by atoms with E-state index in [0.29, 0.717) is 17.5 Å². The molecule has 0 amide bonds. The molecule has 0 aliphatic heterocycles. The van der Waals surface area contributed by atoms with Gasteiger partial charge in [-0.05, 0) is 88.0 Å². The quantitative estimate of drug-likeness (QED) is 0.168. The zero-order valence-corrected chi connectivity index (χ0v) is 35.9. The second-order valence-corrected chi connectivity index (χ2v) is 17.6. The fraction of sp³-hybridized carbons (Fsp3) is 0.0500. The van der Waals surface area contributed by atoms with E-state index in [1.807, 2.05) is 36.4 Å². The van der Waals surface area contributed by atoms with Crippen molar-refractivity contribution in [1.82, 2.24) is 24.1 Å². The summed E-state index contributed by atoms with van der Waals surface area (Å²) in [4.78, 5) is 15.9. The molecule has 3 aromatic heterocycles. The summed E-state index contributed by atoms with van der Waals surface area (Å²) in [6.45, 7) is 4.71. The van der Waals surface area contributed by atoms with Crippen LogP contribution in [0.4, 0.5) is 0 Å². The monoisotopic (exact) mass is 831 g/mol. The van der Waals surface area contributed by atoms with Crippen molar-refractivity contribution in [3.8, 4) is 67.8 Å². The van der Waals surface area contributed by atoms with Crippen LogP contribution in [0.2, 0.25) is 0 Å². The molecular weight excluding hydrogens is 791 g/mol. The Bertz CT molecular complexity index is 3790. The standard InChI is InChI=1S/C60H41N5/c1-60(2)50-29-15-12-25-43(50)47-36-48-44-26-13-16-30-52(44)65(55(48)37-51(47)60)41-33-34-42(45-28-18-32-54-56(45)46-27-14-17-31-53(46)64(54)40-23-10-5-11-24-40)49(35-41)59-62-57(38-19-6-3-7-20-38)61-58(63-59)39-21-8-4-9-22-39/h3-37H,1-2H3. The van der Waals surface area contributed by atoms with Gasteiger partial charge in [-0.2, -0.15) is 0 Å². The molecule has 0 fully saturated rings. The van der Waals surface area contributed by atoms with E-state index < -0.39 is 0 Å². The molecule has 0 saturated heterocycles. The SMILES string of the molecule is CC1(C)c2ccccc2-c2cc3c4ccccc4n(-c4ccc(-c5cccc6c5c5ccccc5n6-c5ccccc5)c(-c5nc(-c6ccccc6)nc(-c6ccccc6)n5)c4)c3cc21. The average Bonchev–Trinajstić information content (AvgIpc) is 3.96. The van der Waals surface area contributed by atoms with E-state index in [2.05, 4.69) is 199 Å². The second kappa shape index (κ2) is 14.3. The van der Waals surface area contributed by atoms with Gasteiger partial charge in [0.15, 0.2) is 17.5 Å². The number of rotatable bonds is 6. The highest BCUT2D eigenvalue weighted by Gasteiger charge is 2.36. The number of benzene rings is 9. The Hall–Kier alpha value is -8.41. The second-order valence-electron chi connectivity index (χ2n) is 17.6. The van der Waals surface area contributed by atoms with Gasteiger partial charge in [-0.25, -0.2) is 15.0 Å². The van der Waals surface area contributed by atoms with E-state index in [1.165, 1.54) is 49.3 Å². The Kier molecular flexibility index (Phi) is 8.18. The van der Waals surface area contributed by atoms with Gasteiger partial charge in [0, 0.05) is 55.0 Å². The van der Waals surface area contributed by atoms with Gasteiger partial charge in [0.2, 0.25) is 0 Å². The maximum absolute atomic E-state index is 5.38. The first-order valence-corrected chi connectivity index (χ1v) is 22.3. The Morgan fingerprint density at radius 2 is 0.877 bits per heavy atom. The summed E-state index contributed by atoms with van der Waals surface area (Å²) < 4.78 is 4.82. The predicted molar refractivity (Wildman–Crippen MR) is 268 cm³/mol. The van der Waals surface area contributed by atoms with Gasteiger partial charge in [0.05, 0.1) is 22.1 Å². The summed E-state index contributed by atoms with van der Waals surface area (Å²) in [5.41, 5.74) is 16.9. The Balaban J connectivity index is 1.12. The molecule has 0 radical (unpaired) electrons. The Morgan fingerprint density at radius 3 is 1.60 bits per heavy atom. The van der Waals surface area contributed by atoms with Gasteiger partial charge in [-0.15, -0.1) is 0 Å². The molecule has 3 heterocycles. The fourth-order valence-electron chi connectivity index (χ4n) is 10.6. The topological polar surface area (TPSA) is 48.5 Å². The molecule has 0 atom stereocenters. The number of hydrogen-bond donors (Lipinski definition) is 0. The van der Waals surface area contributed by atoms with E-state index in [9.17, 15) is 0 Å². The minimum atomic E-state index is -0.152. The first kappa shape index (κ1) is 37.2. The van der Waals surface area contributed by atoms with E-state index >= 15 is 0 Å². The van der Waals surface area contributed by atoms with E-state index in [-0.39, 0.29) is 5.41 Å². The van der Waals surface area contributed by atoms with Crippen LogP contribution in [0.25, 0.3) is 111 Å². The fourth-order valence-corrected chi connectivity index (χ4v) is 10.6. The number of para-hydroxylation sites is 3. The minimum absolute atomic E-state index is 0.152. The van der Waals surface area contributed by atoms with E-state index in [0.717, 1.165) is 55.7 Å². The lowest BCUT2D eigenvalue weighted by atomic mass is 9.82. The van der Waals surface area contributed by atoms with Crippen molar-refractivity contribution in [2.45, 2.75) is 19.3 Å². The first-order valence-electron chi connectivity index (χ1n) is 22.3. The summed E-state index contributed by atoms with van der Waals surface area (Å²) in [7, 11) is 0. The van der Waals surface area contributed by atoms with E-state index in [1.54, 1.807) is 0 Å². The number of hydrogen-bond acceptors (Lipinski definition) is 3. The van der Waals surface area contributed by atoms with Crippen molar-refractivity contribution in [3.63, 3.8) is 0 Å². The van der Waals surface area contributed by atoms with Gasteiger partial charge >= 0.3 is 0 Å². The molecule has 0 N–H and O–H groups in total. The molecule has 1 aliphatic rings. The lowest BCUT2D eigenvalue weighted by molar-refractivity contribution is 0.661. The Labute approximate surface area is 376 Å². The average molecular weight is 832 g/mol. The van der Waals surface area contributed by atoms with Gasteiger partial charge in [-0.3, -0.25) is 0 Å². The van der Waals surface area contributed by atoms with Crippen molar-refractivity contribution in [2.75, 3.05) is 0 Å². The highest BCUT2D eigenvalue weighted by atomic mass is 15.0. The molecule has 5 nitrogen and oxygen atoms in total. The Morgan fingerprint density at radius 1 is 0.323 bits per heavy atom. The normalized spacial score (nSPS) is 12.9. The molecule has 306 valence electrons. The molecule has 0 saturated carbocycles. The lowest BCUT2D eigenvalue weighted by Crippen LogP contribution is -2.15. The van der Waals surface area contributed by atoms with Crippen LogP contribution in [0, 0.1) is 0 Å². The third kappa shape index (κ3) is 5.68. The van der Waals surface area contributed by atoms with Crippen LogP contribution >= 0.6 is 0 Å². The van der Waals surface area contributed by atoms with Crippen LogP contribution in [0.3, 0.4) is 0 Å². The smallest absolute Gasteiger partial charge is 0.164 e. The third-order valence-electron chi connectivity index (χ3n) is 13.6. The van der Waals surface area contributed by atoms with Gasteiger partial charge in [0.1, 0.15) is 0 Å². The van der Waals surface area contributed by atoms with Crippen LogP contribution in [-0.2, 0) is 5.41 Å². The van der Waals surface area contributed by atoms with Crippen LogP contribution in [0.1, 0.15) is 25.0 Å². The third-order valence-corrected chi connectivity index (χ3v) is 13.6. The van der Waals surface area contributed by atoms with Gasteiger partial charge in [-0.1, -0.05) is 172 Å². The van der Waals surface area contributed by atoms with Crippen LogP contribution in [0.15, 0.2) is 212 Å². The summed E-state index contributed by atoms with van der Waals surface area (Å²) in [5.74, 6) is 1.86. The van der Waals surface area contributed by atoms with Crippen molar-refractivity contribution in [2.24, 2.45) is 0 Å². The summed E-state index contributed by atoms with van der Waals surface area (Å²) in [6.07, 6.45) is 0. The predicted octanol–water partition coefficient (Wildman–Crippen LogP) is 15.0. The van der Waals surface area contributed by atoms with Crippen LogP contribution in [0.5, 0.6) is 0 Å². The number of nitrogens with zero attached hydrogens (tertiary/aromatic N) is 5. The number of fused-ring (bicyclic) bond motifs is 9. The molecule has 9 aromatic carbocycles. The maximum Gasteiger partial charge on any atom is 0.164 e. The lowest BCUT2D eigenvalue weighted by Gasteiger charge is -2.22. The molecular formula is C60H41N5. The van der Waals surface area contributed by atoms with Gasteiger partial charge < -0.3 is 9.13 Å². The van der Waals surface area contributed by atoms with Crippen molar-refractivity contribution in [1.29, 1.82) is 0 Å². The number of aromatic nitrogens is 5. The first-order chi connectivity index (χ1) is 32.0. The molecule has 65 heavy (non-hydrogen) atoms. The zero-order chi connectivity index (χ0) is 43.2.